The molecule has 2 saturated carbocycles. The van der Waals surface area contributed by atoms with Gasteiger partial charge in [0.05, 0.1) is 12.2 Å². The molecule has 1 unspecified atom stereocenters. The van der Waals surface area contributed by atoms with Crippen LogP contribution in [0.2, 0.25) is 0 Å². The summed E-state index contributed by atoms with van der Waals surface area (Å²) in [6.45, 7) is 8.78. The number of halogens is 1. The number of amides is 5. The Balaban J connectivity index is 1.52. The topological polar surface area (TPSA) is 180 Å². The number of alkyl halides is 1. The Morgan fingerprint density at radius 1 is 0.913 bits per heavy atom. The smallest absolute Gasteiger partial charge is 0.289 e. The highest BCUT2D eigenvalue weighted by atomic mass is 19.1. The van der Waals surface area contributed by atoms with E-state index in [4.69, 9.17) is 0 Å². The van der Waals surface area contributed by atoms with Gasteiger partial charge in [-0.15, -0.1) is 0 Å². The summed E-state index contributed by atoms with van der Waals surface area (Å²) in [5.74, 6) is -5.71. The maximum absolute atomic E-state index is 15.0. The lowest BCUT2D eigenvalue weighted by Gasteiger charge is -2.34. The first-order valence-electron chi connectivity index (χ1n) is 16.3. The highest BCUT2D eigenvalue weighted by Gasteiger charge is 2.55. The van der Waals surface area contributed by atoms with Crippen molar-refractivity contribution in [1.29, 1.82) is 0 Å². The van der Waals surface area contributed by atoms with E-state index in [1.807, 2.05) is 6.92 Å². The molecule has 3 aliphatic rings. The van der Waals surface area contributed by atoms with Gasteiger partial charge in [0.25, 0.3) is 11.8 Å². The first kappa shape index (κ1) is 34.9. The van der Waals surface area contributed by atoms with E-state index >= 15 is 4.39 Å². The molecule has 252 valence electrons. The highest BCUT2D eigenvalue weighted by Crippen LogP contribution is 2.44. The first-order valence-corrected chi connectivity index (χ1v) is 16.3. The van der Waals surface area contributed by atoms with Gasteiger partial charge in [-0.1, -0.05) is 41.0 Å². The number of hydrogen-bond donors (Lipinski definition) is 4. The van der Waals surface area contributed by atoms with E-state index in [0.29, 0.717) is 12.8 Å². The number of rotatable bonds is 14. The molecule has 46 heavy (non-hydrogen) atoms. The molecule has 2 aliphatic carbocycles. The van der Waals surface area contributed by atoms with Crippen molar-refractivity contribution in [2.75, 3.05) is 6.54 Å². The lowest BCUT2D eigenvalue weighted by molar-refractivity contribution is -0.145. The number of aromatic nitrogens is 2. The van der Waals surface area contributed by atoms with E-state index in [2.05, 4.69) is 31.2 Å². The lowest BCUT2D eigenvalue weighted by atomic mass is 9.92. The largest absolute Gasteiger partial charge is 0.347 e. The molecule has 0 spiro atoms. The molecule has 4 N–H and O–H groups in total. The summed E-state index contributed by atoms with van der Waals surface area (Å²) in [7, 11) is 0. The van der Waals surface area contributed by atoms with E-state index in [1.165, 1.54) is 23.5 Å². The Morgan fingerprint density at radius 3 is 2.20 bits per heavy atom. The molecule has 2 heterocycles. The fraction of sp³-hybridized carbons (Fsp3) is 0.688. The zero-order valence-electron chi connectivity index (χ0n) is 27.1. The molecule has 0 bridgehead atoms. The molecular formula is C32H46FN7O6. The second-order valence-corrected chi connectivity index (χ2v) is 13.3. The van der Waals surface area contributed by atoms with Gasteiger partial charge in [0, 0.05) is 30.9 Å². The number of carbonyl (C=O) groups excluding carboxylic acids is 6. The summed E-state index contributed by atoms with van der Waals surface area (Å²) >= 11 is 0. The molecular weight excluding hydrogens is 597 g/mol. The molecule has 1 aromatic rings. The van der Waals surface area contributed by atoms with Gasteiger partial charge in [-0.2, -0.15) is 0 Å². The number of hydrogen-bond acceptors (Lipinski definition) is 8. The van der Waals surface area contributed by atoms with Gasteiger partial charge in [0.15, 0.2) is 0 Å². The predicted molar refractivity (Wildman–Crippen MR) is 165 cm³/mol. The van der Waals surface area contributed by atoms with Crippen LogP contribution < -0.4 is 21.3 Å². The lowest BCUT2D eigenvalue weighted by Crippen LogP contribution is -2.60. The number of ketones is 1. The number of nitrogens with one attached hydrogen (secondary N) is 4. The minimum Gasteiger partial charge on any atom is -0.347 e. The van der Waals surface area contributed by atoms with Gasteiger partial charge in [-0.25, -0.2) is 9.37 Å². The van der Waals surface area contributed by atoms with E-state index in [-0.39, 0.29) is 37.0 Å². The van der Waals surface area contributed by atoms with E-state index in [1.54, 1.807) is 27.7 Å². The summed E-state index contributed by atoms with van der Waals surface area (Å²) in [5.41, 5.74) is 0.0283. The molecule has 0 radical (unpaired) electrons. The molecule has 14 heteroatoms. The van der Waals surface area contributed by atoms with E-state index in [0.717, 1.165) is 12.8 Å². The van der Waals surface area contributed by atoms with Crippen LogP contribution in [0.5, 0.6) is 0 Å². The van der Waals surface area contributed by atoms with Crippen molar-refractivity contribution < 1.29 is 33.2 Å². The Morgan fingerprint density at radius 2 is 1.61 bits per heavy atom. The Hall–Kier alpha value is -3.97. The summed E-state index contributed by atoms with van der Waals surface area (Å²) in [5, 5.41) is 10.8. The number of Topliss-reactive ketones (excluding diaryl/α,β-unsaturated/α-hetero) is 1. The number of likely N-dealkylation sites (tertiary alicyclic amines) is 1. The van der Waals surface area contributed by atoms with Gasteiger partial charge >= 0.3 is 0 Å². The average molecular weight is 644 g/mol. The molecule has 13 nitrogen and oxygen atoms in total. The average Bonchev–Trinajstić information content (AvgIpc) is 3.65. The quantitative estimate of drug-likeness (QED) is 0.218. The van der Waals surface area contributed by atoms with Gasteiger partial charge in [-0.3, -0.25) is 33.8 Å². The van der Waals surface area contributed by atoms with Crippen molar-refractivity contribution in [3.8, 4) is 0 Å². The molecule has 0 aromatic carbocycles. The molecule has 7 atom stereocenters. The van der Waals surface area contributed by atoms with Crippen LogP contribution in [0.3, 0.4) is 0 Å². The van der Waals surface area contributed by atoms with Gasteiger partial charge in [0.1, 0.15) is 30.0 Å². The van der Waals surface area contributed by atoms with Crippen LogP contribution in [0.4, 0.5) is 4.39 Å². The SMILES string of the molecule is CCCC(NC(=O)[C@@H]1[C@H]2CC[C@H](F)[C@H]2CN1C(=O)[C@@H](NC(=O)[C@@H](NC(=O)c1cnccn1)C(C)C)C(C)C)C(=O)C(=O)NC1CC1. The zero-order valence-corrected chi connectivity index (χ0v) is 27.1. The van der Waals surface area contributed by atoms with Crippen molar-refractivity contribution in [2.45, 2.75) is 110 Å². The second-order valence-electron chi connectivity index (χ2n) is 13.3. The maximum atomic E-state index is 15.0. The van der Waals surface area contributed by atoms with Crippen LogP contribution in [0.1, 0.15) is 83.6 Å². The van der Waals surface area contributed by atoms with Crippen molar-refractivity contribution in [3.05, 3.63) is 24.3 Å². The van der Waals surface area contributed by atoms with Crippen LogP contribution >= 0.6 is 0 Å². The minimum atomic E-state index is -1.20. The van der Waals surface area contributed by atoms with Crippen molar-refractivity contribution in [2.24, 2.45) is 23.7 Å². The van der Waals surface area contributed by atoms with Crippen LogP contribution in [0.15, 0.2) is 18.6 Å². The van der Waals surface area contributed by atoms with E-state index in [9.17, 15) is 28.8 Å². The van der Waals surface area contributed by atoms with Crippen LogP contribution in [0.25, 0.3) is 0 Å². The summed E-state index contributed by atoms with van der Waals surface area (Å²) < 4.78 is 15.0. The number of fused-ring (bicyclic) bond motifs is 1. The summed E-state index contributed by atoms with van der Waals surface area (Å²) in [4.78, 5) is 89.0. The van der Waals surface area contributed by atoms with Crippen molar-refractivity contribution in [1.82, 2.24) is 36.1 Å². The standard InChI is InChI=1S/C32H46FN7O6/c1-6-7-22(27(41)31(45)36-18-8-9-18)37-30(44)26-19-10-11-21(33)20(19)15-40(26)32(46)25(17(4)5)39-29(43)24(16(2)3)38-28(42)23-14-34-12-13-35-23/h12-14,16-22,24-26H,6-11,15H2,1-5H3,(H,36,45)(H,37,44)(H,38,42)(H,39,43)/t19-,20-,21-,22?,24-,25-,26-/m0/s1. The van der Waals surface area contributed by atoms with Gasteiger partial charge in [-0.05, 0) is 49.9 Å². The predicted octanol–water partition coefficient (Wildman–Crippen LogP) is 1.08. The monoisotopic (exact) mass is 643 g/mol. The number of carbonyl (C=O) groups is 6. The molecule has 1 aliphatic heterocycles. The van der Waals surface area contributed by atoms with Crippen molar-refractivity contribution >= 4 is 35.3 Å². The zero-order chi connectivity index (χ0) is 33.7. The van der Waals surface area contributed by atoms with Crippen molar-refractivity contribution in [3.63, 3.8) is 0 Å². The number of nitrogens with zero attached hydrogens (tertiary/aromatic N) is 3. The molecule has 4 rings (SSSR count). The molecule has 5 amide bonds. The fourth-order valence-corrected chi connectivity index (χ4v) is 6.38. The van der Waals surface area contributed by atoms with Gasteiger partial charge in [0.2, 0.25) is 23.5 Å². The second kappa shape index (κ2) is 15.1. The van der Waals surface area contributed by atoms with Crippen LogP contribution in [-0.2, 0) is 24.0 Å². The minimum absolute atomic E-state index is 0.0204. The Bertz CT molecular complexity index is 1310. The summed E-state index contributed by atoms with van der Waals surface area (Å²) in [6, 6.07) is -4.30. The maximum Gasteiger partial charge on any atom is 0.289 e. The van der Waals surface area contributed by atoms with Crippen LogP contribution in [0, 0.1) is 23.7 Å². The van der Waals surface area contributed by atoms with Gasteiger partial charge < -0.3 is 26.2 Å². The first-order chi connectivity index (χ1) is 21.8. The van der Waals surface area contributed by atoms with Crippen LogP contribution in [-0.4, -0.2) is 93.1 Å². The molecule has 1 aromatic heterocycles. The Kier molecular flexibility index (Phi) is 11.4. The highest BCUT2D eigenvalue weighted by molar-refractivity contribution is 6.38. The normalized spacial score (nSPS) is 24.1. The summed E-state index contributed by atoms with van der Waals surface area (Å²) in [6.07, 6.45) is 5.83. The molecule has 1 saturated heterocycles. The third kappa shape index (κ3) is 8.05. The fourth-order valence-electron chi connectivity index (χ4n) is 6.38. The Labute approximate surface area is 268 Å². The molecule has 3 fully saturated rings. The third-order valence-corrected chi connectivity index (χ3v) is 9.10. The van der Waals surface area contributed by atoms with E-state index < -0.39 is 83.4 Å². The third-order valence-electron chi connectivity index (χ3n) is 9.10.